The van der Waals surface area contributed by atoms with Crippen LogP contribution in [0.4, 0.5) is 0 Å². The molecule has 1 aliphatic heterocycles. The van der Waals surface area contributed by atoms with Gasteiger partial charge in [-0.3, -0.25) is 9.59 Å². The van der Waals surface area contributed by atoms with E-state index in [0.717, 1.165) is 11.1 Å². The second-order valence-electron chi connectivity index (χ2n) is 5.20. The SMILES string of the molecule is O=C(O)CC1CN(C(=O)c2occc2-c2ccccc2)C1. The number of rotatable bonds is 4. The number of amides is 1. The molecule has 0 spiro atoms. The molecular weight excluding hydrogens is 270 g/mol. The van der Waals surface area contributed by atoms with Gasteiger partial charge in [-0.2, -0.15) is 0 Å². The van der Waals surface area contributed by atoms with Gasteiger partial charge in [-0.25, -0.2) is 0 Å². The Labute approximate surface area is 121 Å². The minimum atomic E-state index is -0.824. The first-order valence-corrected chi connectivity index (χ1v) is 6.79. The third-order valence-corrected chi connectivity index (χ3v) is 3.65. The van der Waals surface area contributed by atoms with Crippen molar-refractivity contribution < 1.29 is 19.1 Å². The summed E-state index contributed by atoms with van der Waals surface area (Å²) in [5.41, 5.74) is 1.69. The summed E-state index contributed by atoms with van der Waals surface area (Å²) in [4.78, 5) is 24.6. The largest absolute Gasteiger partial charge is 0.481 e. The molecule has 0 saturated carbocycles. The van der Waals surface area contributed by atoms with Crippen molar-refractivity contribution >= 4 is 11.9 Å². The molecule has 0 unspecified atom stereocenters. The number of benzene rings is 1. The number of hydrogen-bond donors (Lipinski definition) is 1. The Morgan fingerprint density at radius 3 is 2.57 bits per heavy atom. The Morgan fingerprint density at radius 1 is 1.19 bits per heavy atom. The molecule has 1 aliphatic rings. The lowest BCUT2D eigenvalue weighted by molar-refractivity contribution is -0.139. The van der Waals surface area contributed by atoms with Gasteiger partial charge in [0.2, 0.25) is 0 Å². The van der Waals surface area contributed by atoms with Gasteiger partial charge in [-0.1, -0.05) is 30.3 Å². The molecule has 0 radical (unpaired) electrons. The van der Waals surface area contributed by atoms with Crippen molar-refractivity contribution in [1.29, 1.82) is 0 Å². The van der Waals surface area contributed by atoms with Gasteiger partial charge in [-0.15, -0.1) is 0 Å². The third kappa shape index (κ3) is 2.67. The zero-order valence-electron chi connectivity index (χ0n) is 11.4. The molecule has 0 atom stereocenters. The molecule has 1 saturated heterocycles. The first-order chi connectivity index (χ1) is 10.1. The van der Waals surface area contributed by atoms with E-state index >= 15 is 0 Å². The van der Waals surface area contributed by atoms with Crippen LogP contribution in [0.2, 0.25) is 0 Å². The van der Waals surface area contributed by atoms with Gasteiger partial charge < -0.3 is 14.4 Å². The van der Waals surface area contributed by atoms with Crippen molar-refractivity contribution in [1.82, 2.24) is 4.90 Å². The van der Waals surface area contributed by atoms with Crippen LogP contribution in [0.3, 0.4) is 0 Å². The van der Waals surface area contributed by atoms with E-state index in [-0.39, 0.29) is 18.2 Å². The fourth-order valence-corrected chi connectivity index (χ4v) is 2.58. The summed E-state index contributed by atoms with van der Waals surface area (Å²) >= 11 is 0. The van der Waals surface area contributed by atoms with E-state index in [0.29, 0.717) is 18.8 Å². The lowest BCUT2D eigenvalue weighted by atomic mass is 9.95. The molecule has 21 heavy (non-hydrogen) atoms. The molecule has 1 fully saturated rings. The summed E-state index contributed by atoms with van der Waals surface area (Å²) < 4.78 is 5.35. The number of aliphatic carboxylic acids is 1. The Balaban J connectivity index is 1.73. The maximum Gasteiger partial charge on any atom is 0.303 e. The van der Waals surface area contributed by atoms with Crippen molar-refractivity contribution in [3.05, 3.63) is 48.4 Å². The molecule has 2 heterocycles. The Bertz CT molecular complexity index is 656. The molecular formula is C16H15NO4. The van der Waals surface area contributed by atoms with Crippen LogP contribution in [0.1, 0.15) is 17.0 Å². The van der Waals surface area contributed by atoms with Crippen molar-refractivity contribution in [2.24, 2.45) is 5.92 Å². The first-order valence-electron chi connectivity index (χ1n) is 6.79. The van der Waals surface area contributed by atoms with Gasteiger partial charge in [0, 0.05) is 24.6 Å². The number of carboxylic acids is 1. The quantitative estimate of drug-likeness (QED) is 0.937. The highest BCUT2D eigenvalue weighted by Crippen LogP contribution is 2.28. The predicted octanol–water partition coefficient (Wildman–Crippen LogP) is 2.49. The number of carbonyl (C=O) groups excluding carboxylic acids is 1. The molecule has 5 nitrogen and oxygen atoms in total. The Morgan fingerprint density at radius 2 is 1.90 bits per heavy atom. The molecule has 2 aromatic rings. The van der Waals surface area contributed by atoms with Crippen LogP contribution >= 0.6 is 0 Å². The third-order valence-electron chi connectivity index (χ3n) is 3.65. The Hall–Kier alpha value is -2.56. The molecule has 3 rings (SSSR count). The summed E-state index contributed by atoms with van der Waals surface area (Å²) in [6.45, 7) is 0.945. The van der Waals surface area contributed by atoms with Crippen molar-refractivity contribution in [2.45, 2.75) is 6.42 Å². The van der Waals surface area contributed by atoms with E-state index in [4.69, 9.17) is 9.52 Å². The average molecular weight is 285 g/mol. The van der Waals surface area contributed by atoms with Gasteiger partial charge in [0.25, 0.3) is 5.91 Å². The van der Waals surface area contributed by atoms with Crippen molar-refractivity contribution in [2.75, 3.05) is 13.1 Å². The van der Waals surface area contributed by atoms with Crippen LogP contribution in [0.25, 0.3) is 11.1 Å². The van der Waals surface area contributed by atoms with Crippen molar-refractivity contribution in [3.8, 4) is 11.1 Å². The number of carboxylic acid groups (broad SMARTS) is 1. The van der Waals surface area contributed by atoms with E-state index in [1.807, 2.05) is 30.3 Å². The van der Waals surface area contributed by atoms with E-state index in [9.17, 15) is 9.59 Å². The number of likely N-dealkylation sites (tertiary alicyclic amines) is 1. The summed E-state index contributed by atoms with van der Waals surface area (Å²) in [6, 6.07) is 11.3. The zero-order valence-corrected chi connectivity index (χ0v) is 11.4. The van der Waals surface area contributed by atoms with E-state index in [1.54, 1.807) is 11.0 Å². The zero-order chi connectivity index (χ0) is 14.8. The first kappa shape index (κ1) is 13.4. The van der Waals surface area contributed by atoms with Gasteiger partial charge in [0.05, 0.1) is 12.7 Å². The number of carbonyl (C=O) groups is 2. The molecule has 1 amide bonds. The molecule has 1 N–H and O–H groups in total. The molecule has 5 heteroatoms. The standard InChI is InChI=1S/C16H15NO4/c18-14(19)8-11-9-17(10-11)16(20)15-13(6-7-21-15)12-4-2-1-3-5-12/h1-7,11H,8-10H2,(H,18,19). The molecule has 1 aromatic carbocycles. The van der Waals surface area contributed by atoms with Gasteiger partial charge in [-0.05, 0) is 11.6 Å². The van der Waals surface area contributed by atoms with Crippen LogP contribution < -0.4 is 0 Å². The van der Waals surface area contributed by atoms with Gasteiger partial charge >= 0.3 is 5.97 Å². The van der Waals surface area contributed by atoms with Crippen molar-refractivity contribution in [3.63, 3.8) is 0 Å². The normalized spacial score (nSPS) is 14.8. The summed E-state index contributed by atoms with van der Waals surface area (Å²) in [6.07, 6.45) is 1.61. The monoisotopic (exact) mass is 285 g/mol. The molecule has 108 valence electrons. The maximum atomic E-state index is 12.4. The highest BCUT2D eigenvalue weighted by atomic mass is 16.4. The van der Waals surface area contributed by atoms with Crippen LogP contribution in [-0.4, -0.2) is 35.0 Å². The van der Waals surface area contributed by atoms with Gasteiger partial charge in [0.15, 0.2) is 5.76 Å². The topological polar surface area (TPSA) is 70.8 Å². The number of hydrogen-bond acceptors (Lipinski definition) is 3. The summed E-state index contributed by atoms with van der Waals surface area (Å²) in [7, 11) is 0. The highest BCUT2D eigenvalue weighted by molar-refractivity contribution is 5.98. The molecule has 0 bridgehead atoms. The lowest BCUT2D eigenvalue weighted by Crippen LogP contribution is -2.50. The summed E-state index contributed by atoms with van der Waals surface area (Å²) in [5, 5.41) is 8.73. The summed E-state index contributed by atoms with van der Waals surface area (Å²) in [5.74, 6) is -0.646. The Kier molecular flexibility index (Phi) is 3.48. The minimum Gasteiger partial charge on any atom is -0.481 e. The average Bonchev–Trinajstić information content (AvgIpc) is 2.92. The van der Waals surface area contributed by atoms with Crippen LogP contribution in [0.15, 0.2) is 47.1 Å². The second kappa shape index (κ2) is 5.44. The smallest absolute Gasteiger partial charge is 0.303 e. The fourth-order valence-electron chi connectivity index (χ4n) is 2.58. The van der Waals surface area contributed by atoms with Crippen LogP contribution in [-0.2, 0) is 4.79 Å². The molecule has 0 aliphatic carbocycles. The number of furan rings is 1. The highest BCUT2D eigenvalue weighted by Gasteiger charge is 2.34. The predicted molar refractivity (Wildman–Crippen MR) is 75.8 cm³/mol. The fraction of sp³-hybridized carbons (Fsp3) is 0.250. The molecule has 1 aromatic heterocycles. The van der Waals surface area contributed by atoms with E-state index < -0.39 is 5.97 Å². The van der Waals surface area contributed by atoms with Gasteiger partial charge in [0.1, 0.15) is 0 Å². The van der Waals surface area contributed by atoms with E-state index in [1.165, 1.54) is 6.26 Å². The minimum absolute atomic E-state index is 0.0431. The lowest BCUT2D eigenvalue weighted by Gasteiger charge is -2.38. The number of nitrogens with zero attached hydrogens (tertiary/aromatic N) is 1. The second-order valence-corrected chi connectivity index (χ2v) is 5.20. The maximum absolute atomic E-state index is 12.4. The van der Waals surface area contributed by atoms with Crippen LogP contribution in [0.5, 0.6) is 0 Å². The van der Waals surface area contributed by atoms with E-state index in [2.05, 4.69) is 0 Å². The van der Waals surface area contributed by atoms with Crippen LogP contribution in [0, 0.1) is 5.92 Å².